The maximum absolute atomic E-state index is 6.23. The van der Waals surface area contributed by atoms with E-state index in [4.69, 9.17) is 14.5 Å². The molecule has 0 aliphatic carbocycles. The van der Waals surface area contributed by atoms with Crippen molar-refractivity contribution in [2.75, 3.05) is 13.7 Å². The summed E-state index contributed by atoms with van der Waals surface area (Å²) in [7, 11) is 1.74. The minimum atomic E-state index is 0.169. The highest BCUT2D eigenvalue weighted by molar-refractivity contribution is 6.15. The summed E-state index contributed by atoms with van der Waals surface area (Å²) in [5.41, 5.74) is 5.73. The van der Waals surface area contributed by atoms with Crippen LogP contribution < -0.4 is 4.74 Å². The van der Waals surface area contributed by atoms with Crippen LogP contribution in [0.2, 0.25) is 0 Å². The minimum Gasteiger partial charge on any atom is -0.496 e. The molecule has 4 aromatic rings. The lowest BCUT2D eigenvalue weighted by atomic mass is 9.87. The summed E-state index contributed by atoms with van der Waals surface area (Å²) < 4.78 is 12.2. The van der Waals surface area contributed by atoms with Crippen LogP contribution in [0, 0.1) is 19.8 Å². The van der Waals surface area contributed by atoms with Gasteiger partial charge in [-0.3, -0.25) is 0 Å². The van der Waals surface area contributed by atoms with Crippen LogP contribution in [0.1, 0.15) is 30.5 Å². The number of hydrogen-bond acceptors (Lipinski definition) is 3. The standard InChI is InChI=1S/C29H29NO2/c1-17(2)25-16-32-29(30-25)28-23-13-7-6-10-20(23)15-26(31-5)27(28)24-14-18(3)21-11-8-9-12-22(21)19(24)4/h6-15,17,25H,16H2,1-5H3/t25-/m1/s1. The molecule has 0 unspecified atom stereocenters. The molecule has 3 heteroatoms. The average Bonchev–Trinajstić information content (AvgIpc) is 3.30. The van der Waals surface area contributed by atoms with E-state index in [-0.39, 0.29) is 6.04 Å². The van der Waals surface area contributed by atoms with Gasteiger partial charge in [0.1, 0.15) is 12.4 Å². The molecule has 1 aliphatic rings. The van der Waals surface area contributed by atoms with Gasteiger partial charge in [0.05, 0.1) is 18.7 Å². The molecule has 0 N–H and O–H groups in total. The molecule has 0 aromatic heterocycles. The summed E-state index contributed by atoms with van der Waals surface area (Å²) in [5, 5.41) is 4.80. The Hall–Kier alpha value is -3.33. The molecule has 1 aliphatic heterocycles. The second-order valence-corrected chi connectivity index (χ2v) is 9.02. The zero-order valence-corrected chi connectivity index (χ0v) is 19.4. The summed E-state index contributed by atoms with van der Waals surface area (Å²) in [6.07, 6.45) is 0. The smallest absolute Gasteiger partial charge is 0.217 e. The Kier molecular flexibility index (Phi) is 5.13. The fourth-order valence-corrected chi connectivity index (χ4v) is 4.80. The molecule has 5 rings (SSSR count). The van der Waals surface area contributed by atoms with Gasteiger partial charge in [0, 0.05) is 5.56 Å². The number of nitrogens with zero attached hydrogens (tertiary/aromatic N) is 1. The second-order valence-electron chi connectivity index (χ2n) is 9.02. The van der Waals surface area contributed by atoms with Crippen molar-refractivity contribution in [3.8, 4) is 16.9 Å². The fraction of sp³-hybridized carbons (Fsp3) is 0.276. The Morgan fingerprint density at radius 1 is 0.906 bits per heavy atom. The first-order chi connectivity index (χ1) is 15.5. The Morgan fingerprint density at radius 2 is 1.59 bits per heavy atom. The quantitative estimate of drug-likeness (QED) is 0.351. The van der Waals surface area contributed by atoms with Gasteiger partial charge in [0.25, 0.3) is 0 Å². The van der Waals surface area contributed by atoms with Gasteiger partial charge >= 0.3 is 0 Å². The third kappa shape index (κ3) is 3.24. The third-order valence-corrected chi connectivity index (χ3v) is 6.68. The molecule has 0 saturated carbocycles. The first kappa shape index (κ1) is 20.6. The van der Waals surface area contributed by atoms with Crippen LogP contribution in [0.15, 0.2) is 65.7 Å². The molecule has 162 valence electrons. The van der Waals surface area contributed by atoms with Crippen molar-refractivity contribution in [2.24, 2.45) is 10.9 Å². The predicted molar refractivity (Wildman–Crippen MR) is 134 cm³/mol. The van der Waals surface area contributed by atoms with Gasteiger partial charge in [-0.2, -0.15) is 0 Å². The van der Waals surface area contributed by atoms with E-state index in [1.54, 1.807) is 7.11 Å². The van der Waals surface area contributed by atoms with Gasteiger partial charge in [-0.25, -0.2) is 4.99 Å². The normalized spacial score (nSPS) is 15.9. The van der Waals surface area contributed by atoms with E-state index in [2.05, 4.69) is 88.4 Å². The van der Waals surface area contributed by atoms with Gasteiger partial charge in [0.15, 0.2) is 0 Å². The van der Waals surface area contributed by atoms with E-state index in [1.165, 1.54) is 21.9 Å². The summed E-state index contributed by atoms with van der Waals surface area (Å²) in [6, 6.07) is 21.6. The lowest BCUT2D eigenvalue weighted by molar-refractivity contribution is 0.292. The van der Waals surface area contributed by atoms with Crippen molar-refractivity contribution < 1.29 is 9.47 Å². The second kappa shape index (κ2) is 7.98. The van der Waals surface area contributed by atoms with Crippen LogP contribution >= 0.6 is 0 Å². The first-order valence-electron chi connectivity index (χ1n) is 11.3. The molecule has 0 saturated heterocycles. The summed E-state index contributed by atoms with van der Waals surface area (Å²) in [5.74, 6) is 1.99. The number of methoxy groups -OCH3 is 1. The first-order valence-corrected chi connectivity index (χ1v) is 11.3. The zero-order valence-electron chi connectivity index (χ0n) is 19.4. The predicted octanol–water partition coefficient (Wildman–Crippen LogP) is 7.09. The van der Waals surface area contributed by atoms with Gasteiger partial charge in [0.2, 0.25) is 5.90 Å². The molecule has 0 amide bonds. The van der Waals surface area contributed by atoms with Crippen LogP contribution in [0.25, 0.3) is 32.7 Å². The number of rotatable bonds is 4. The van der Waals surface area contributed by atoms with E-state index in [0.29, 0.717) is 12.5 Å². The van der Waals surface area contributed by atoms with Crippen LogP contribution in [0.5, 0.6) is 5.75 Å². The highest BCUT2D eigenvalue weighted by atomic mass is 16.5. The monoisotopic (exact) mass is 423 g/mol. The number of fused-ring (bicyclic) bond motifs is 2. The third-order valence-electron chi connectivity index (χ3n) is 6.68. The number of ether oxygens (including phenoxy) is 2. The molecule has 1 atom stereocenters. The largest absolute Gasteiger partial charge is 0.496 e. The molecular weight excluding hydrogens is 394 g/mol. The maximum Gasteiger partial charge on any atom is 0.217 e. The summed E-state index contributed by atoms with van der Waals surface area (Å²) in [6.45, 7) is 9.39. The number of benzene rings is 4. The van der Waals surface area contributed by atoms with Crippen molar-refractivity contribution in [1.82, 2.24) is 0 Å². The fourth-order valence-electron chi connectivity index (χ4n) is 4.80. The number of aliphatic imine (C=N–C) groups is 1. The minimum absolute atomic E-state index is 0.169. The SMILES string of the molecule is COc1cc2ccccc2c(C2=N[C@@H](C(C)C)CO2)c1-c1cc(C)c2ccccc2c1C. The summed E-state index contributed by atoms with van der Waals surface area (Å²) in [4.78, 5) is 5.02. The number of aryl methyl sites for hydroxylation is 2. The Morgan fingerprint density at radius 3 is 2.28 bits per heavy atom. The van der Waals surface area contributed by atoms with E-state index in [0.717, 1.165) is 39.1 Å². The average molecular weight is 424 g/mol. The van der Waals surface area contributed by atoms with Gasteiger partial charge in [-0.1, -0.05) is 68.4 Å². The van der Waals surface area contributed by atoms with E-state index in [9.17, 15) is 0 Å². The van der Waals surface area contributed by atoms with Gasteiger partial charge in [-0.15, -0.1) is 0 Å². The molecule has 1 heterocycles. The Bertz CT molecular complexity index is 1370. The lowest BCUT2D eigenvalue weighted by Crippen LogP contribution is -2.13. The zero-order chi connectivity index (χ0) is 22.4. The molecule has 4 aromatic carbocycles. The summed E-state index contributed by atoms with van der Waals surface area (Å²) >= 11 is 0. The molecule has 0 radical (unpaired) electrons. The molecule has 32 heavy (non-hydrogen) atoms. The molecule has 0 bridgehead atoms. The van der Waals surface area contributed by atoms with Crippen molar-refractivity contribution in [2.45, 2.75) is 33.7 Å². The number of hydrogen-bond donors (Lipinski definition) is 0. The van der Waals surface area contributed by atoms with Crippen LogP contribution in [0.3, 0.4) is 0 Å². The van der Waals surface area contributed by atoms with Crippen LogP contribution in [-0.4, -0.2) is 25.7 Å². The topological polar surface area (TPSA) is 30.8 Å². The lowest BCUT2D eigenvalue weighted by Gasteiger charge is -2.20. The van der Waals surface area contributed by atoms with Crippen molar-refractivity contribution in [3.05, 3.63) is 77.4 Å². The molecule has 3 nitrogen and oxygen atoms in total. The molecule has 0 fully saturated rings. The highest BCUT2D eigenvalue weighted by Gasteiger charge is 2.29. The van der Waals surface area contributed by atoms with Crippen molar-refractivity contribution in [1.29, 1.82) is 0 Å². The van der Waals surface area contributed by atoms with Crippen molar-refractivity contribution >= 4 is 27.4 Å². The highest BCUT2D eigenvalue weighted by Crippen LogP contribution is 2.43. The van der Waals surface area contributed by atoms with Crippen LogP contribution in [0.4, 0.5) is 0 Å². The van der Waals surface area contributed by atoms with Gasteiger partial charge < -0.3 is 9.47 Å². The van der Waals surface area contributed by atoms with E-state index < -0.39 is 0 Å². The van der Waals surface area contributed by atoms with Crippen LogP contribution in [-0.2, 0) is 4.74 Å². The van der Waals surface area contributed by atoms with E-state index >= 15 is 0 Å². The molecule has 0 spiro atoms. The Balaban J connectivity index is 1.89. The molecular formula is C29H29NO2. The Labute approximate surface area is 189 Å². The van der Waals surface area contributed by atoms with Crippen molar-refractivity contribution in [3.63, 3.8) is 0 Å². The van der Waals surface area contributed by atoms with E-state index in [1.807, 2.05) is 0 Å². The van der Waals surface area contributed by atoms with Gasteiger partial charge in [-0.05, 0) is 64.1 Å². The maximum atomic E-state index is 6.23.